The summed E-state index contributed by atoms with van der Waals surface area (Å²) in [6.45, 7) is 0.651. The average Bonchev–Trinajstić information content (AvgIpc) is 2.39. The van der Waals surface area contributed by atoms with E-state index >= 15 is 0 Å². The molecule has 0 heterocycles. The molecule has 2 N–H and O–H groups in total. The molecule has 0 unspecified atom stereocenters. The molecular weight excluding hydrogens is 234 g/mol. The van der Waals surface area contributed by atoms with Crippen LogP contribution < -0.4 is 5.73 Å². The molecule has 0 aromatic heterocycles. The molecule has 102 valence electrons. The Morgan fingerprint density at radius 2 is 1.79 bits per heavy atom. The molecule has 0 radical (unpaired) electrons. The average molecular weight is 257 g/mol. The maximum Gasteiger partial charge on any atom is 0.188 e. The Kier molecular flexibility index (Phi) is 5.34. The Labute approximate surface area is 115 Å². The van der Waals surface area contributed by atoms with Crippen LogP contribution in [0.3, 0.4) is 0 Å². The van der Waals surface area contributed by atoms with Gasteiger partial charge < -0.3 is 5.73 Å². The zero-order chi connectivity index (χ0) is 13.5. The number of Topliss-reactive ketones (excluding diaryl/α,β-unsaturated/α-hetero) is 1. The highest BCUT2D eigenvalue weighted by molar-refractivity contribution is 6.08. The van der Waals surface area contributed by atoms with Gasteiger partial charge in [-0.1, -0.05) is 43.2 Å². The fourth-order valence-electron chi connectivity index (χ4n) is 2.57. The van der Waals surface area contributed by atoms with E-state index in [0.717, 1.165) is 36.8 Å². The smallest absolute Gasteiger partial charge is 0.188 e. The minimum absolute atomic E-state index is 0.209. The summed E-state index contributed by atoms with van der Waals surface area (Å²) in [5, 5.41) is 0. The lowest BCUT2D eigenvalue weighted by atomic mass is 9.93. The number of hydrogen-bond donors (Lipinski definition) is 1. The van der Waals surface area contributed by atoms with Crippen LogP contribution in [0.2, 0.25) is 0 Å². The van der Waals surface area contributed by atoms with E-state index in [4.69, 9.17) is 5.73 Å². The van der Waals surface area contributed by atoms with Crippen LogP contribution in [-0.4, -0.2) is 12.3 Å². The Bertz CT molecular complexity index is 445. The first-order valence-electron chi connectivity index (χ1n) is 7.34. The largest absolute Gasteiger partial charge is 0.330 e. The van der Waals surface area contributed by atoms with Crippen molar-refractivity contribution < 1.29 is 4.79 Å². The number of carbonyl (C=O) groups is 1. The van der Waals surface area contributed by atoms with E-state index in [9.17, 15) is 4.79 Å². The monoisotopic (exact) mass is 257 g/mol. The number of rotatable bonds is 4. The third kappa shape index (κ3) is 4.03. The van der Waals surface area contributed by atoms with Crippen LogP contribution in [0.4, 0.5) is 0 Å². The molecule has 0 aliphatic heterocycles. The van der Waals surface area contributed by atoms with Gasteiger partial charge in [-0.3, -0.25) is 4.79 Å². The van der Waals surface area contributed by atoms with Crippen molar-refractivity contribution in [2.24, 2.45) is 5.73 Å². The van der Waals surface area contributed by atoms with Gasteiger partial charge in [-0.2, -0.15) is 0 Å². The van der Waals surface area contributed by atoms with Crippen LogP contribution in [0.5, 0.6) is 0 Å². The minimum Gasteiger partial charge on any atom is -0.330 e. The van der Waals surface area contributed by atoms with Crippen molar-refractivity contribution in [3.8, 4) is 0 Å². The van der Waals surface area contributed by atoms with E-state index in [1.165, 1.54) is 24.8 Å². The molecule has 1 aliphatic rings. The van der Waals surface area contributed by atoms with Crippen LogP contribution in [0.1, 0.15) is 54.4 Å². The summed E-state index contributed by atoms with van der Waals surface area (Å²) in [6, 6.07) is 7.91. The molecule has 1 aliphatic carbocycles. The van der Waals surface area contributed by atoms with E-state index in [1.54, 1.807) is 0 Å². The number of nitrogens with two attached hydrogens (primary N) is 1. The number of benzene rings is 1. The highest BCUT2D eigenvalue weighted by Gasteiger charge is 2.13. The molecule has 2 nitrogen and oxygen atoms in total. The molecule has 0 spiro atoms. The molecule has 2 heteroatoms. The Balaban J connectivity index is 2.09. The van der Waals surface area contributed by atoms with Gasteiger partial charge in [0.1, 0.15) is 0 Å². The predicted octanol–water partition coefficient (Wildman–Crippen LogP) is 3.65. The topological polar surface area (TPSA) is 43.1 Å². The fraction of sp³-hybridized carbons (Fsp3) is 0.471. The van der Waals surface area contributed by atoms with Crippen molar-refractivity contribution in [3.63, 3.8) is 0 Å². The second kappa shape index (κ2) is 7.25. The lowest BCUT2D eigenvalue weighted by molar-refractivity contribution is 0.102. The molecule has 0 saturated carbocycles. The standard InChI is InChI=1S/C17H23NO/c18-13-12-14-8-10-16(11-9-14)17(19)15-6-4-2-1-3-5-7-15/h6,8-11H,1-5,7,12-13,18H2/b15-6+. The lowest BCUT2D eigenvalue weighted by Gasteiger charge is -2.11. The van der Waals surface area contributed by atoms with Crippen LogP contribution in [0, 0.1) is 0 Å². The summed E-state index contributed by atoms with van der Waals surface area (Å²) in [4.78, 5) is 12.4. The van der Waals surface area contributed by atoms with Gasteiger partial charge >= 0.3 is 0 Å². The molecular formula is C17H23NO. The molecule has 19 heavy (non-hydrogen) atoms. The van der Waals surface area contributed by atoms with Crippen molar-refractivity contribution in [1.82, 2.24) is 0 Å². The Morgan fingerprint density at radius 3 is 2.53 bits per heavy atom. The number of carbonyl (C=O) groups excluding carboxylic acids is 1. The predicted molar refractivity (Wildman–Crippen MR) is 79.3 cm³/mol. The van der Waals surface area contributed by atoms with E-state index in [0.29, 0.717) is 6.54 Å². The molecule has 0 atom stereocenters. The summed E-state index contributed by atoms with van der Waals surface area (Å²) < 4.78 is 0. The summed E-state index contributed by atoms with van der Waals surface area (Å²) in [7, 11) is 0. The normalized spacial score (nSPS) is 19.1. The first-order chi connectivity index (χ1) is 9.31. The quantitative estimate of drug-likeness (QED) is 0.837. The third-order valence-corrected chi connectivity index (χ3v) is 3.73. The first-order valence-corrected chi connectivity index (χ1v) is 7.34. The van der Waals surface area contributed by atoms with Gasteiger partial charge in [0.05, 0.1) is 0 Å². The number of allylic oxidation sites excluding steroid dienone is 2. The van der Waals surface area contributed by atoms with Gasteiger partial charge in [0.2, 0.25) is 0 Å². The fourth-order valence-corrected chi connectivity index (χ4v) is 2.57. The second-order valence-corrected chi connectivity index (χ2v) is 5.25. The Hall–Kier alpha value is -1.41. The summed E-state index contributed by atoms with van der Waals surface area (Å²) in [5.41, 5.74) is 8.55. The maximum absolute atomic E-state index is 12.4. The number of hydrogen-bond acceptors (Lipinski definition) is 2. The highest BCUT2D eigenvalue weighted by Crippen LogP contribution is 2.20. The molecule has 1 aromatic carbocycles. The summed E-state index contributed by atoms with van der Waals surface area (Å²) >= 11 is 0. The van der Waals surface area contributed by atoms with Crippen molar-refractivity contribution in [2.45, 2.75) is 44.9 Å². The van der Waals surface area contributed by atoms with Crippen LogP contribution in [-0.2, 0) is 6.42 Å². The third-order valence-electron chi connectivity index (χ3n) is 3.73. The highest BCUT2D eigenvalue weighted by atomic mass is 16.1. The number of ketones is 1. The van der Waals surface area contributed by atoms with Gasteiger partial charge in [0.25, 0.3) is 0 Å². The zero-order valence-corrected chi connectivity index (χ0v) is 11.5. The van der Waals surface area contributed by atoms with Gasteiger partial charge in [0.15, 0.2) is 5.78 Å². The Morgan fingerprint density at radius 1 is 1.05 bits per heavy atom. The molecule has 0 bridgehead atoms. The molecule has 0 amide bonds. The van der Waals surface area contributed by atoms with Crippen molar-refractivity contribution in [1.29, 1.82) is 0 Å². The van der Waals surface area contributed by atoms with Crippen molar-refractivity contribution in [2.75, 3.05) is 6.54 Å². The SMILES string of the molecule is NCCc1ccc(C(=O)/C2=C/CCCCCC2)cc1. The molecule has 1 aromatic rings. The van der Waals surface area contributed by atoms with Crippen molar-refractivity contribution in [3.05, 3.63) is 47.0 Å². The minimum atomic E-state index is 0.209. The van der Waals surface area contributed by atoms with Gasteiger partial charge in [-0.15, -0.1) is 0 Å². The summed E-state index contributed by atoms with van der Waals surface area (Å²) in [6.07, 6.45) is 9.91. The second-order valence-electron chi connectivity index (χ2n) is 5.25. The lowest BCUT2D eigenvalue weighted by Crippen LogP contribution is -2.06. The van der Waals surface area contributed by atoms with Crippen LogP contribution in [0.25, 0.3) is 0 Å². The zero-order valence-electron chi connectivity index (χ0n) is 11.5. The van der Waals surface area contributed by atoms with Gasteiger partial charge in [-0.05, 0) is 49.8 Å². The van der Waals surface area contributed by atoms with Crippen molar-refractivity contribution >= 4 is 5.78 Å². The van der Waals surface area contributed by atoms with Crippen LogP contribution in [0.15, 0.2) is 35.9 Å². The van der Waals surface area contributed by atoms with E-state index in [2.05, 4.69) is 6.08 Å². The first kappa shape index (κ1) is 14.0. The summed E-state index contributed by atoms with van der Waals surface area (Å²) in [5.74, 6) is 0.209. The molecule has 0 saturated heterocycles. The molecule has 2 rings (SSSR count). The van der Waals surface area contributed by atoms with E-state index in [-0.39, 0.29) is 5.78 Å². The van der Waals surface area contributed by atoms with E-state index in [1.807, 2.05) is 24.3 Å². The van der Waals surface area contributed by atoms with Gasteiger partial charge in [0, 0.05) is 5.56 Å². The van der Waals surface area contributed by atoms with Crippen LogP contribution >= 0.6 is 0 Å². The van der Waals surface area contributed by atoms with Gasteiger partial charge in [-0.25, -0.2) is 0 Å². The van der Waals surface area contributed by atoms with E-state index < -0.39 is 0 Å². The molecule has 0 fully saturated rings. The maximum atomic E-state index is 12.4.